The minimum Gasteiger partial charge on any atom is -0.481 e. The highest BCUT2D eigenvalue weighted by atomic mass is 16.4. The maximum Gasteiger partial charge on any atom is 0.308 e. The molecular formula is C20H32N2O6. The predicted molar refractivity (Wildman–Crippen MR) is 101 cm³/mol. The second kappa shape index (κ2) is 9.39. The maximum atomic E-state index is 12.5. The largest absolute Gasteiger partial charge is 0.481 e. The third-order valence-corrected chi connectivity index (χ3v) is 6.19. The van der Waals surface area contributed by atoms with Gasteiger partial charge in [0.2, 0.25) is 11.8 Å². The summed E-state index contributed by atoms with van der Waals surface area (Å²) in [7, 11) is 0. The van der Waals surface area contributed by atoms with Crippen LogP contribution in [0.5, 0.6) is 0 Å². The molecule has 2 rings (SSSR count). The minimum atomic E-state index is -0.948. The molecule has 8 nitrogen and oxygen atoms in total. The van der Waals surface area contributed by atoms with Crippen LogP contribution in [0.25, 0.3) is 0 Å². The standard InChI is InChI=1S/C20H32N2O6/c1-10(2)17(23)22-15-6-4-5-12(16(15)20(27)28)9-11(3)18(24)21-14-8-7-13(14)19(25)26/h10-16H,4-9H2,1-3H3,(H,21,24)(H,22,23)(H,25,26)(H,27,28). The normalized spacial score (nSPS) is 30.8. The first-order chi connectivity index (χ1) is 13.1. The smallest absolute Gasteiger partial charge is 0.308 e. The highest BCUT2D eigenvalue weighted by Gasteiger charge is 2.42. The number of carbonyl (C=O) groups is 4. The Labute approximate surface area is 165 Å². The summed E-state index contributed by atoms with van der Waals surface area (Å²) in [6.45, 7) is 5.28. The molecule has 0 aromatic carbocycles. The number of rotatable bonds is 8. The van der Waals surface area contributed by atoms with Gasteiger partial charge in [-0.3, -0.25) is 19.2 Å². The molecule has 0 saturated heterocycles. The number of carboxylic acid groups (broad SMARTS) is 2. The first kappa shape index (κ1) is 22.2. The van der Waals surface area contributed by atoms with Crippen molar-refractivity contribution in [2.45, 2.75) is 71.4 Å². The van der Waals surface area contributed by atoms with Gasteiger partial charge in [-0.15, -0.1) is 0 Å². The first-order valence-corrected chi connectivity index (χ1v) is 10.2. The molecule has 0 radical (unpaired) electrons. The Balaban J connectivity index is 1.97. The van der Waals surface area contributed by atoms with Crippen LogP contribution >= 0.6 is 0 Å². The third kappa shape index (κ3) is 5.23. The van der Waals surface area contributed by atoms with E-state index in [2.05, 4.69) is 10.6 Å². The van der Waals surface area contributed by atoms with Gasteiger partial charge in [0.15, 0.2) is 0 Å². The molecule has 2 fully saturated rings. The molecule has 2 aliphatic carbocycles. The molecular weight excluding hydrogens is 364 g/mol. The molecule has 0 aromatic rings. The van der Waals surface area contributed by atoms with Crippen molar-refractivity contribution < 1.29 is 29.4 Å². The minimum absolute atomic E-state index is 0.160. The van der Waals surface area contributed by atoms with Crippen LogP contribution in [0.1, 0.15) is 59.3 Å². The molecule has 158 valence electrons. The zero-order valence-corrected chi connectivity index (χ0v) is 16.8. The Kier molecular flexibility index (Phi) is 7.43. The van der Waals surface area contributed by atoms with Gasteiger partial charge in [-0.2, -0.15) is 0 Å². The molecule has 0 heterocycles. The molecule has 4 N–H and O–H groups in total. The van der Waals surface area contributed by atoms with Crippen molar-refractivity contribution in [1.29, 1.82) is 0 Å². The van der Waals surface area contributed by atoms with Crippen LogP contribution in [0, 0.1) is 29.6 Å². The lowest BCUT2D eigenvalue weighted by Crippen LogP contribution is -2.52. The van der Waals surface area contributed by atoms with E-state index in [1.54, 1.807) is 20.8 Å². The molecule has 6 unspecified atom stereocenters. The zero-order valence-electron chi connectivity index (χ0n) is 16.8. The van der Waals surface area contributed by atoms with Crippen molar-refractivity contribution in [2.75, 3.05) is 0 Å². The molecule has 2 amide bonds. The highest BCUT2D eigenvalue weighted by Crippen LogP contribution is 2.36. The molecule has 6 atom stereocenters. The van der Waals surface area contributed by atoms with E-state index < -0.39 is 35.7 Å². The second-order valence-corrected chi connectivity index (χ2v) is 8.60. The third-order valence-electron chi connectivity index (χ3n) is 6.19. The van der Waals surface area contributed by atoms with Gasteiger partial charge in [0.1, 0.15) is 0 Å². The van der Waals surface area contributed by atoms with Crippen LogP contribution in [0.15, 0.2) is 0 Å². The summed E-state index contributed by atoms with van der Waals surface area (Å²) in [5.41, 5.74) is 0. The van der Waals surface area contributed by atoms with Gasteiger partial charge in [-0.1, -0.05) is 27.2 Å². The lowest BCUT2D eigenvalue weighted by Gasteiger charge is -2.38. The highest BCUT2D eigenvalue weighted by molar-refractivity contribution is 5.81. The predicted octanol–water partition coefficient (Wildman–Crippen LogP) is 1.63. The first-order valence-electron chi connectivity index (χ1n) is 10.2. The van der Waals surface area contributed by atoms with Crippen LogP contribution < -0.4 is 10.6 Å². The fourth-order valence-electron chi connectivity index (χ4n) is 4.29. The van der Waals surface area contributed by atoms with E-state index in [0.717, 1.165) is 6.42 Å². The van der Waals surface area contributed by atoms with E-state index in [1.807, 2.05) is 0 Å². The number of hydrogen-bond donors (Lipinski definition) is 4. The summed E-state index contributed by atoms with van der Waals surface area (Å²) in [5.74, 6) is -4.33. The maximum absolute atomic E-state index is 12.5. The van der Waals surface area contributed by atoms with Crippen molar-refractivity contribution in [1.82, 2.24) is 10.6 Å². The van der Waals surface area contributed by atoms with Crippen LogP contribution in [0.2, 0.25) is 0 Å². The molecule has 0 bridgehead atoms. The fraction of sp³-hybridized carbons (Fsp3) is 0.800. The molecule has 2 saturated carbocycles. The lowest BCUT2D eigenvalue weighted by atomic mass is 9.72. The Hall–Kier alpha value is -2.12. The monoisotopic (exact) mass is 396 g/mol. The summed E-state index contributed by atoms with van der Waals surface area (Å²) < 4.78 is 0. The van der Waals surface area contributed by atoms with E-state index in [1.165, 1.54) is 0 Å². The molecule has 0 aromatic heterocycles. The van der Waals surface area contributed by atoms with E-state index in [9.17, 15) is 24.3 Å². The van der Waals surface area contributed by atoms with Crippen LogP contribution in [-0.2, 0) is 19.2 Å². The van der Waals surface area contributed by atoms with Gasteiger partial charge in [-0.25, -0.2) is 0 Å². The average molecular weight is 396 g/mol. The van der Waals surface area contributed by atoms with Gasteiger partial charge in [0.05, 0.1) is 11.8 Å². The van der Waals surface area contributed by atoms with Crippen LogP contribution in [0.3, 0.4) is 0 Å². The Bertz CT molecular complexity index is 620. The van der Waals surface area contributed by atoms with Gasteiger partial charge in [0, 0.05) is 23.9 Å². The van der Waals surface area contributed by atoms with Crippen LogP contribution in [0.4, 0.5) is 0 Å². The van der Waals surface area contributed by atoms with Crippen LogP contribution in [-0.4, -0.2) is 46.0 Å². The summed E-state index contributed by atoms with van der Waals surface area (Å²) in [4.78, 5) is 47.5. The average Bonchev–Trinajstić information content (AvgIpc) is 2.57. The quantitative estimate of drug-likeness (QED) is 0.493. The number of amides is 2. The molecule has 0 aliphatic heterocycles. The SMILES string of the molecule is CC(C)C(=O)NC1CCCC(CC(C)C(=O)NC2CCC2C(=O)O)C1C(=O)O. The van der Waals surface area contributed by atoms with E-state index in [-0.39, 0.29) is 29.7 Å². The van der Waals surface area contributed by atoms with Gasteiger partial charge in [0.25, 0.3) is 0 Å². The topological polar surface area (TPSA) is 133 Å². The molecule has 28 heavy (non-hydrogen) atoms. The number of hydrogen-bond acceptors (Lipinski definition) is 4. The van der Waals surface area contributed by atoms with E-state index in [4.69, 9.17) is 5.11 Å². The summed E-state index contributed by atoms with van der Waals surface area (Å²) in [6, 6.07) is -0.767. The van der Waals surface area contributed by atoms with Gasteiger partial charge in [-0.05, 0) is 38.0 Å². The van der Waals surface area contributed by atoms with Gasteiger partial charge < -0.3 is 20.8 Å². The van der Waals surface area contributed by atoms with Crippen molar-refractivity contribution in [3.63, 3.8) is 0 Å². The number of aliphatic carboxylic acids is 2. The summed E-state index contributed by atoms with van der Waals surface area (Å²) in [6.07, 6.45) is 3.74. The van der Waals surface area contributed by atoms with Gasteiger partial charge >= 0.3 is 11.9 Å². The lowest BCUT2D eigenvalue weighted by molar-refractivity contribution is -0.149. The van der Waals surface area contributed by atoms with Crippen molar-refractivity contribution in [2.24, 2.45) is 29.6 Å². The Morgan fingerprint density at radius 2 is 1.50 bits per heavy atom. The number of carbonyl (C=O) groups excluding carboxylic acids is 2. The summed E-state index contributed by atoms with van der Waals surface area (Å²) in [5, 5.41) is 24.5. The molecule has 2 aliphatic rings. The number of nitrogens with one attached hydrogen (secondary N) is 2. The summed E-state index contributed by atoms with van der Waals surface area (Å²) >= 11 is 0. The second-order valence-electron chi connectivity index (χ2n) is 8.60. The molecule has 8 heteroatoms. The number of carboxylic acids is 2. The van der Waals surface area contributed by atoms with Crippen molar-refractivity contribution in [3.8, 4) is 0 Å². The van der Waals surface area contributed by atoms with Crippen molar-refractivity contribution in [3.05, 3.63) is 0 Å². The van der Waals surface area contributed by atoms with E-state index in [0.29, 0.717) is 32.1 Å². The Morgan fingerprint density at radius 3 is 2.00 bits per heavy atom. The zero-order chi connectivity index (χ0) is 21.0. The van der Waals surface area contributed by atoms with Crippen molar-refractivity contribution >= 4 is 23.8 Å². The molecule has 0 spiro atoms. The fourth-order valence-corrected chi connectivity index (χ4v) is 4.29. The van der Waals surface area contributed by atoms with E-state index >= 15 is 0 Å². The Morgan fingerprint density at radius 1 is 0.857 bits per heavy atom.